The first-order chi connectivity index (χ1) is 14.1. The molecular weight excluding hydrogens is 366 g/mol. The van der Waals surface area contributed by atoms with Crippen LogP contribution in [0.4, 0.5) is 8.78 Å². The highest BCUT2D eigenvalue weighted by atomic mass is 19.1. The zero-order chi connectivity index (χ0) is 20.6. The second-order valence-electron chi connectivity index (χ2n) is 8.72. The van der Waals surface area contributed by atoms with Crippen LogP contribution in [0.25, 0.3) is 0 Å². The molecule has 2 aliphatic rings. The molecule has 0 heterocycles. The predicted molar refractivity (Wildman–Crippen MR) is 115 cm³/mol. The zero-order valence-electron chi connectivity index (χ0n) is 17.7. The van der Waals surface area contributed by atoms with Gasteiger partial charge in [-0.3, -0.25) is 0 Å². The summed E-state index contributed by atoms with van der Waals surface area (Å²) in [6.07, 6.45) is 13.1. The minimum absolute atomic E-state index is 0.0650. The molecule has 0 atom stereocenters. The molecule has 29 heavy (non-hydrogen) atoms. The molecule has 0 N–H and O–H groups in total. The summed E-state index contributed by atoms with van der Waals surface area (Å²) in [5.41, 5.74) is 0.642. The van der Waals surface area contributed by atoms with E-state index in [1.807, 2.05) is 13.0 Å². The lowest BCUT2D eigenvalue weighted by atomic mass is 9.70. The van der Waals surface area contributed by atoms with Crippen LogP contribution in [0.3, 0.4) is 0 Å². The van der Waals surface area contributed by atoms with E-state index in [-0.39, 0.29) is 11.5 Å². The van der Waals surface area contributed by atoms with Gasteiger partial charge in [-0.15, -0.1) is 6.58 Å². The topological polar surface area (TPSA) is 9.23 Å². The summed E-state index contributed by atoms with van der Waals surface area (Å²) in [5, 5.41) is 0. The van der Waals surface area contributed by atoms with Gasteiger partial charge in [0.2, 0.25) is 0 Å². The molecule has 2 fully saturated rings. The Balaban J connectivity index is 1.49. The normalized spacial score (nSPS) is 27.1. The lowest BCUT2D eigenvalue weighted by Gasteiger charge is -2.36. The van der Waals surface area contributed by atoms with E-state index in [9.17, 15) is 8.78 Å². The largest absolute Gasteiger partial charge is 0.374 e. The molecule has 3 heteroatoms. The highest BCUT2D eigenvalue weighted by molar-refractivity contribution is 5.39. The fraction of sp³-hybridized carbons (Fsp3) is 0.615. The molecule has 0 aromatic heterocycles. The average molecular weight is 401 g/mol. The Morgan fingerprint density at radius 2 is 1.59 bits per heavy atom. The summed E-state index contributed by atoms with van der Waals surface area (Å²) in [6.45, 7) is 6.37. The van der Waals surface area contributed by atoms with Crippen LogP contribution in [0.1, 0.15) is 75.8 Å². The van der Waals surface area contributed by atoms with Crippen molar-refractivity contribution in [3.05, 3.63) is 47.5 Å². The standard InChI is InChI=1S/C26H34F2O/c1-3-5-20-17-25(27)24(26(28)18-20)15-8-19-6-9-21(10-7-19)22-11-13-23(14-12-22)29-16-4-2/h4,17-19,21-23H,2-3,5-7,9-14,16H2,1H3/t19-,21-,22-,23-. The SMILES string of the molecule is C=CCO[C@H]1CC[C@H]([C@H]2CC[C@H](C#Cc3c(F)cc(CCC)cc3F)CC2)CC1. The molecule has 0 bridgehead atoms. The third kappa shape index (κ3) is 6.16. The fourth-order valence-corrected chi connectivity index (χ4v) is 5.02. The lowest BCUT2D eigenvalue weighted by molar-refractivity contribution is 0.0221. The van der Waals surface area contributed by atoms with E-state index in [4.69, 9.17) is 4.74 Å². The Morgan fingerprint density at radius 1 is 1.00 bits per heavy atom. The van der Waals surface area contributed by atoms with E-state index in [1.165, 1.54) is 37.8 Å². The Hall–Kier alpha value is -1.66. The van der Waals surface area contributed by atoms with Crippen LogP contribution in [0, 0.1) is 41.2 Å². The van der Waals surface area contributed by atoms with Gasteiger partial charge in [0.1, 0.15) is 11.6 Å². The molecule has 2 saturated carbocycles. The van der Waals surface area contributed by atoms with Crippen molar-refractivity contribution in [1.82, 2.24) is 0 Å². The van der Waals surface area contributed by atoms with Crippen LogP contribution in [-0.2, 0) is 11.2 Å². The quantitative estimate of drug-likeness (QED) is 0.375. The van der Waals surface area contributed by atoms with Crippen LogP contribution in [0.2, 0.25) is 0 Å². The van der Waals surface area contributed by atoms with Crippen LogP contribution in [0.5, 0.6) is 0 Å². The van der Waals surface area contributed by atoms with Gasteiger partial charge in [0.15, 0.2) is 0 Å². The maximum atomic E-state index is 14.2. The Bertz CT molecular complexity index is 706. The molecule has 2 aliphatic carbocycles. The van der Waals surface area contributed by atoms with Gasteiger partial charge in [0, 0.05) is 5.92 Å². The van der Waals surface area contributed by atoms with Gasteiger partial charge in [-0.05, 0) is 87.3 Å². The second kappa shape index (κ2) is 10.9. The molecule has 0 aliphatic heterocycles. The molecule has 1 aromatic rings. The molecule has 0 spiro atoms. The van der Waals surface area contributed by atoms with Crippen molar-refractivity contribution in [2.24, 2.45) is 17.8 Å². The van der Waals surface area contributed by atoms with Crippen molar-refractivity contribution >= 4 is 0 Å². The summed E-state index contributed by atoms with van der Waals surface area (Å²) < 4.78 is 34.3. The molecule has 158 valence electrons. The van der Waals surface area contributed by atoms with E-state index in [1.54, 1.807) is 0 Å². The van der Waals surface area contributed by atoms with Crippen molar-refractivity contribution in [3.8, 4) is 11.8 Å². The number of halogens is 2. The third-order valence-corrected chi connectivity index (χ3v) is 6.65. The molecule has 3 rings (SSSR count). The van der Waals surface area contributed by atoms with Crippen LogP contribution < -0.4 is 0 Å². The van der Waals surface area contributed by atoms with E-state index in [2.05, 4.69) is 18.4 Å². The highest BCUT2D eigenvalue weighted by Gasteiger charge is 2.30. The molecular formula is C26H34F2O. The smallest absolute Gasteiger partial charge is 0.142 e. The van der Waals surface area contributed by atoms with Crippen LogP contribution in [-0.4, -0.2) is 12.7 Å². The van der Waals surface area contributed by atoms with E-state index in [0.29, 0.717) is 24.7 Å². The average Bonchev–Trinajstić information content (AvgIpc) is 2.73. The Morgan fingerprint density at radius 3 is 2.14 bits per heavy atom. The number of hydrogen-bond donors (Lipinski definition) is 0. The summed E-state index contributed by atoms with van der Waals surface area (Å²) in [5.74, 6) is 6.76. The summed E-state index contributed by atoms with van der Waals surface area (Å²) in [4.78, 5) is 0. The van der Waals surface area contributed by atoms with Gasteiger partial charge in [0.05, 0.1) is 18.3 Å². The zero-order valence-corrected chi connectivity index (χ0v) is 17.7. The minimum atomic E-state index is -0.523. The Labute approximate surface area is 174 Å². The first-order valence-corrected chi connectivity index (χ1v) is 11.3. The van der Waals surface area contributed by atoms with Crippen molar-refractivity contribution in [3.63, 3.8) is 0 Å². The first kappa shape index (κ1) is 22.0. The van der Waals surface area contributed by atoms with Crippen LogP contribution in [0.15, 0.2) is 24.8 Å². The molecule has 1 nitrogen and oxygen atoms in total. The predicted octanol–water partition coefficient (Wildman–Crippen LogP) is 6.84. The van der Waals surface area contributed by atoms with Crippen molar-refractivity contribution in [1.29, 1.82) is 0 Å². The summed E-state index contributed by atoms with van der Waals surface area (Å²) >= 11 is 0. The number of aryl methyl sites for hydroxylation is 1. The number of hydrogen-bond acceptors (Lipinski definition) is 1. The minimum Gasteiger partial charge on any atom is -0.374 e. The van der Waals surface area contributed by atoms with E-state index < -0.39 is 11.6 Å². The van der Waals surface area contributed by atoms with Gasteiger partial charge < -0.3 is 4.74 Å². The lowest BCUT2D eigenvalue weighted by Crippen LogP contribution is -2.28. The number of benzene rings is 1. The van der Waals surface area contributed by atoms with Crippen molar-refractivity contribution in [2.75, 3.05) is 6.61 Å². The van der Waals surface area contributed by atoms with E-state index in [0.717, 1.165) is 43.9 Å². The van der Waals surface area contributed by atoms with Gasteiger partial charge >= 0.3 is 0 Å². The first-order valence-electron chi connectivity index (χ1n) is 11.3. The summed E-state index contributed by atoms with van der Waals surface area (Å²) in [6, 6.07) is 2.87. The molecule has 1 aromatic carbocycles. The maximum absolute atomic E-state index is 14.2. The van der Waals surface area contributed by atoms with Crippen molar-refractivity contribution in [2.45, 2.75) is 77.2 Å². The maximum Gasteiger partial charge on any atom is 0.142 e. The second-order valence-corrected chi connectivity index (χ2v) is 8.72. The van der Waals surface area contributed by atoms with Crippen molar-refractivity contribution < 1.29 is 13.5 Å². The van der Waals surface area contributed by atoms with Crippen LogP contribution >= 0.6 is 0 Å². The monoisotopic (exact) mass is 400 g/mol. The molecule has 0 saturated heterocycles. The van der Waals surface area contributed by atoms with Gasteiger partial charge in [-0.2, -0.15) is 0 Å². The Kier molecular flexibility index (Phi) is 8.30. The third-order valence-electron chi connectivity index (χ3n) is 6.65. The molecule has 0 radical (unpaired) electrons. The van der Waals surface area contributed by atoms with E-state index >= 15 is 0 Å². The van der Waals surface area contributed by atoms with Gasteiger partial charge in [-0.1, -0.05) is 31.3 Å². The highest BCUT2D eigenvalue weighted by Crippen LogP contribution is 2.40. The summed E-state index contributed by atoms with van der Waals surface area (Å²) in [7, 11) is 0. The number of ether oxygens (including phenoxy) is 1. The molecule has 0 amide bonds. The van der Waals surface area contributed by atoms with Gasteiger partial charge in [0.25, 0.3) is 0 Å². The molecule has 0 unspecified atom stereocenters. The fourth-order valence-electron chi connectivity index (χ4n) is 5.02. The van der Waals surface area contributed by atoms with Gasteiger partial charge in [-0.25, -0.2) is 8.78 Å². The number of rotatable bonds is 6.